The van der Waals surface area contributed by atoms with Gasteiger partial charge >= 0.3 is 0 Å². The van der Waals surface area contributed by atoms with Crippen LogP contribution in [0.5, 0.6) is 5.88 Å². The molecule has 1 saturated carbocycles. The Kier molecular flexibility index (Phi) is 5.14. The monoisotopic (exact) mass is 263 g/mol. The van der Waals surface area contributed by atoms with E-state index < -0.39 is 0 Å². The van der Waals surface area contributed by atoms with Gasteiger partial charge in [-0.15, -0.1) is 0 Å². The maximum atomic E-state index is 5.40. The van der Waals surface area contributed by atoms with Gasteiger partial charge in [-0.3, -0.25) is 4.98 Å². The van der Waals surface area contributed by atoms with E-state index in [1.807, 2.05) is 7.05 Å². The van der Waals surface area contributed by atoms with E-state index >= 15 is 0 Å². The fourth-order valence-electron chi connectivity index (χ4n) is 3.28. The van der Waals surface area contributed by atoms with Gasteiger partial charge in [-0.05, 0) is 38.3 Å². The summed E-state index contributed by atoms with van der Waals surface area (Å²) < 4.78 is 5.40. The molecule has 1 aliphatic carbocycles. The third kappa shape index (κ3) is 3.24. The maximum Gasteiger partial charge on any atom is 0.235 e. The van der Waals surface area contributed by atoms with E-state index in [9.17, 15) is 0 Å². The van der Waals surface area contributed by atoms with Crippen molar-refractivity contribution in [1.82, 2.24) is 15.3 Å². The molecule has 0 spiro atoms. The Morgan fingerprint density at radius 2 is 2.11 bits per heavy atom. The van der Waals surface area contributed by atoms with Gasteiger partial charge in [-0.1, -0.05) is 19.8 Å². The lowest BCUT2D eigenvalue weighted by Gasteiger charge is -2.35. The number of ether oxygens (including phenoxy) is 1. The van der Waals surface area contributed by atoms with E-state index in [1.54, 1.807) is 19.5 Å². The SMILES string of the molecule is CCC1CCC(CNC)C(c2nccnc2OC)C1. The third-order valence-corrected chi connectivity index (χ3v) is 4.38. The predicted molar refractivity (Wildman–Crippen MR) is 76.4 cm³/mol. The highest BCUT2D eigenvalue weighted by Crippen LogP contribution is 2.42. The molecule has 1 aromatic heterocycles. The summed E-state index contributed by atoms with van der Waals surface area (Å²) in [5.41, 5.74) is 1.04. The van der Waals surface area contributed by atoms with Gasteiger partial charge in [0.15, 0.2) is 0 Å². The minimum atomic E-state index is 0.467. The predicted octanol–water partition coefficient (Wildman–Crippen LogP) is 2.61. The molecule has 3 unspecified atom stereocenters. The molecule has 0 bridgehead atoms. The van der Waals surface area contributed by atoms with Crippen LogP contribution in [0, 0.1) is 11.8 Å². The van der Waals surface area contributed by atoms with Crippen molar-refractivity contribution < 1.29 is 4.74 Å². The molecule has 0 aliphatic heterocycles. The summed E-state index contributed by atoms with van der Waals surface area (Å²) in [4.78, 5) is 8.87. The smallest absolute Gasteiger partial charge is 0.235 e. The zero-order valence-electron chi connectivity index (χ0n) is 12.2. The second-order valence-electron chi connectivity index (χ2n) is 5.46. The largest absolute Gasteiger partial charge is 0.480 e. The van der Waals surface area contributed by atoms with Gasteiger partial charge in [-0.2, -0.15) is 0 Å². The number of rotatable bonds is 5. The van der Waals surface area contributed by atoms with Gasteiger partial charge in [0, 0.05) is 18.3 Å². The number of aromatic nitrogens is 2. The molecule has 3 atom stereocenters. The second kappa shape index (κ2) is 6.85. The molecule has 4 nitrogen and oxygen atoms in total. The van der Waals surface area contributed by atoms with Crippen LogP contribution in [0.3, 0.4) is 0 Å². The van der Waals surface area contributed by atoms with Crippen molar-refractivity contribution in [2.75, 3.05) is 20.7 Å². The molecule has 4 heteroatoms. The summed E-state index contributed by atoms with van der Waals surface area (Å²) in [6, 6.07) is 0. The fraction of sp³-hybridized carbons (Fsp3) is 0.733. The van der Waals surface area contributed by atoms with Crippen LogP contribution < -0.4 is 10.1 Å². The summed E-state index contributed by atoms with van der Waals surface area (Å²) in [5, 5.41) is 3.32. The van der Waals surface area contributed by atoms with Crippen molar-refractivity contribution in [2.45, 2.75) is 38.5 Å². The van der Waals surface area contributed by atoms with Crippen molar-refractivity contribution in [3.05, 3.63) is 18.1 Å². The highest BCUT2D eigenvalue weighted by molar-refractivity contribution is 5.23. The molecule has 1 heterocycles. The maximum absolute atomic E-state index is 5.40. The van der Waals surface area contributed by atoms with Crippen LogP contribution in [-0.2, 0) is 0 Å². The van der Waals surface area contributed by atoms with Gasteiger partial charge in [0.05, 0.1) is 7.11 Å². The Bertz CT molecular complexity index is 397. The van der Waals surface area contributed by atoms with E-state index in [0.29, 0.717) is 17.7 Å². The minimum absolute atomic E-state index is 0.467. The molecular weight excluding hydrogens is 238 g/mol. The lowest BCUT2D eigenvalue weighted by molar-refractivity contribution is 0.220. The summed E-state index contributed by atoms with van der Waals surface area (Å²) in [7, 11) is 3.71. The lowest BCUT2D eigenvalue weighted by Crippen LogP contribution is -2.31. The quantitative estimate of drug-likeness (QED) is 0.887. The zero-order chi connectivity index (χ0) is 13.7. The summed E-state index contributed by atoms with van der Waals surface area (Å²) in [6.07, 6.45) is 8.55. The Morgan fingerprint density at radius 3 is 2.79 bits per heavy atom. The number of hydrogen-bond acceptors (Lipinski definition) is 4. The van der Waals surface area contributed by atoms with E-state index in [2.05, 4.69) is 22.2 Å². The first kappa shape index (κ1) is 14.3. The molecule has 0 saturated heterocycles. The standard InChI is InChI=1S/C15H25N3O/c1-4-11-5-6-12(10-16-2)13(9-11)14-15(19-3)18-8-7-17-14/h7-8,11-13,16H,4-6,9-10H2,1-3H3. The van der Waals surface area contributed by atoms with E-state index in [-0.39, 0.29) is 0 Å². The summed E-state index contributed by atoms with van der Waals surface area (Å²) in [6.45, 7) is 3.33. The summed E-state index contributed by atoms with van der Waals surface area (Å²) in [5.74, 6) is 2.61. The summed E-state index contributed by atoms with van der Waals surface area (Å²) >= 11 is 0. The molecule has 0 radical (unpaired) electrons. The zero-order valence-corrected chi connectivity index (χ0v) is 12.2. The molecule has 1 N–H and O–H groups in total. The first-order valence-electron chi connectivity index (χ1n) is 7.29. The minimum Gasteiger partial charge on any atom is -0.480 e. The molecule has 0 amide bonds. The topological polar surface area (TPSA) is 47.0 Å². The first-order chi connectivity index (χ1) is 9.30. The second-order valence-corrected chi connectivity index (χ2v) is 5.46. The fourth-order valence-corrected chi connectivity index (χ4v) is 3.28. The molecule has 1 aliphatic rings. The van der Waals surface area contributed by atoms with Crippen molar-refractivity contribution in [3.8, 4) is 5.88 Å². The van der Waals surface area contributed by atoms with Crippen LogP contribution in [-0.4, -0.2) is 30.7 Å². The van der Waals surface area contributed by atoms with E-state index in [4.69, 9.17) is 4.74 Å². The Morgan fingerprint density at radius 1 is 1.32 bits per heavy atom. The van der Waals surface area contributed by atoms with Crippen LogP contribution in [0.2, 0.25) is 0 Å². The normalized spacial score (nSPS) is 27.2. The van der Waals surface area contributed by atoms with Gasteiger partial charge in [0.1, 0.15) is 5.69 Å². The van der Waals surface area contributed by atoms with Gasteiger partial charge in [0.25, 0.3) is 0 Å². The highest BCUT2D eigenvalue weighted by atomic mass is 16.5. The average Bonchev–Trinajstić information content (AvgIpc) is 2.48. The molecule has 2 rings (SSSR count). The van der Waals surface area contributed by atoms with E-state index in [1.165, 1.54) is 25.7 Å². The van der Waals surface area contributed by atoms with Crippen molar-refractivity contribution in [1.29, 1.82) is 0 Å². The molecule has 19 heavy (non-hydrogen) atoms. The molecule has 0 aromatic carbocycles. The van der Waals surface area contributed by atoms with Gasteiger partial charge < -0.3 is 10.1 Å². The van der Waals surface area contributed by atoms with Crippen LogP contribution in [0.15, 0.2) is 12.4 Å². The third-order valence-electron chi connectivity index (χ3n) is 4.38. The molecule has 106 valence electrons. The molecular formula is C15H25N3O. The van der Waals surface area contributed by atoms with Crippen LogP contribution in [0.1, 0.15) is 44.2 Å². The van der Waals surface area contributed by atoms with Crippen molar-refractivity contribution in [2.24, 2.45) is 11.8 Å². The first-order valence-corrected chi connectivity index (χ1v) is 7.29. The average molecular weight is 263 g/mol. The number of nitrogens with one attached hydrogen (secondary N) is 1. The number of nitrogens with zero attached hydrogens (tertiary/aromatic N) is 2. The van der Waals surface area contributed by atoms with Crippen molar-refractivity contribution in [3.63, 3.8) is 0 Å². The Balaban J connectivity index is 2.25. The van der Waals surface area contributed by atoms with Crippen LogP contribution >= 0.6 is 0 Å². The Hall–Kier alpha value is -1.16. The number of hydrogen-bond donors (Lipinski definition) is 1. The van der Waals surface area contributed by atoms with Gasteiger partial charge in [-0.25, -0.2) is 4.98 Å². The van der Waals surface area contributed by atoms with Gasteiger partial charge in [0.2, 0.25) is 5.88 Å². The van der Waals surface area contributed by atoms with Crippen LogP contribution in [0.4, 0.5) is 0 Å². The van der Waals surface area contributed by atoms with Crippen LogP contribution in [0.25, 0.3) is 0 Å². The molecule has 1 aromatic rings. The Labute approximate surface area is 116 Å². The van der Waals surface area contributed by atoms with E-state index in [0.717, 1.165) is 18.2 Å². The lowest BCUT2D eigenvalue weighted by atomic mass is 9.71. The number of methoxy groups -OCH3 is 1. The van der Waals surface area contributed by atoms with Crippen molar-refractivity contribution >= 4 is 0 Å². The molecule has 1 fully saturated rings. The highest BCUT2D eigenvalue weighted by Gasteiger charge is 2.33.